The van der Waals surface area contributed by atoms with Gasteiger partial charge in [-0.15, -0.1) is 0 Å². The van der Waals surface area contributed by atoms with E-state index >= 15 is 0 Å². The molecular formula is C17H32N4. The van der Waals surface area contributed by atoms with E-state index in [0.717, 1.165) is 13.0 Å². The molecule has 120 valence electrons. The summed E-state index contributed by atoms with van der Waals surface area (Å²) in [7, 11) is 2.05. The monoisotopic (exact) mass is 292 g/mol. The topological polar surface area (TPSA) is 33.1 Å². The quantitative estimate of drug-likeness (QED) is 0.874. The van der Waals surface area contributed by atoms with Gasteiger partial charge in [-0.25, -0.2) is 0 Å². The summed E-state index contributed by atoms with van der Waals surface area (Å²) >= 11 is 0. The molecule has 1 aromatic rings. The molecule has 0 bridgehead atoms. The molecule has 1 fully saturated rings. The van der Waals surface area contributed by atoms with E-state index < -0.39 is 0 Å². The van der Waals surface area contributed by atoms with Crippen LogP contribution in [0.5, 0.6) is 0 Å². The van der Waals surface area contributed by atoms with Crippen LogP contribution in [0, 0.1) is 0 Å². The van der Waals surface area contributed by atoms with E-state index in [1.54, 1.807) is 0 Å². The summed E-state index contributed by atoms with van der Waals surface area (Å²) in [6.45, 7) is 10.5. The number of nitrogens with zero attached hydrogens (tertiary/aromatic N) is 3. The van der Waals surface area contributed by atoms with Crippen molar-refractivity contribution < 1.29 is 0 Å². The molecule has 4 heteroatoms. The van der Waals surface area contributed by atoms with Crippen LogP contribution in [0.3, 0.4) is 0 Å². The average Bonchev–Trinajstić information content (AvgIpc) is 2.71. The fraction of sp³-hybridized carbons (Fsp3) is 0.824. The maximum Gasteiger partial charge on any atom is 0.0673 e. The molecule has 1 aliphatic heterocycles. The predicted molar refractivity (Wildman–Crippen MR) is 88.4 cm³/mol. The Labute approximate surface area is 129 Å². The van der Waals surface area contributed by atoms with Gasteiger partial charge in [-0.05, 0) is 58.8 Å². The lowest BCUT2D eigenvalue weighted by molar-refractivity contribution is 0.0803. The lowest BCUT2D eigenvalue weighted by Gasteiger charge is -2.44. The third kappa shape index (κ3) is 3.86. The highest BCUT2D eigenvalue weighted by Crippen LogP contribution is 2.32. The zero-order valence-corrected chi connectivity index (χ0v) is 14.2. The number of likely N-dealkylation sites (tertiary alicyclic amines) is 1. The molecule has 0 saturated carbocycles. The third-order valence-corrected chi connectivity index (χ3v) is 4.88. The van der Waals surface area contributed by atoms with E-state index in [0.29, 0.717) is 6.04 Å². The second-order valence-corrected chi connectivity index (χ2v) is 6.82. The normalized spacial score (nSPS) is 19.4. The van der Waals surface area contributed by atoms with Gasteiger partial charge in [-0.1, -0.05) is 19.8 Å². The van der Waals surface area contributed by atoms with Crippen LogP contribution in [0.4, 0.5) is 0 Å². The van der Waals surface area contributed by atoms with Crippen molar-refractivity contribution in [1.82, 2.24) is 20.0 Å². The van der Waals surface area contributed by atoms with Crippen LogP contribution in [0.25, 0.3) is 0 Å². The molecule has 1 unspecified atom stereocenters. The number of rotatable bonds is 6. The Bertz CT molecular complexity index is 416. The fourth-order valence-corrected chi connectivity index (χ4v) is 3.50. The summed E-state index contributed by atoms with van der Waals surface area (Å²) in [6.07, 6.45) is 8.49. The first-order valence-corrected chi connectivity index (χ1v) is 8.53. The van der Waals surface area contributed by atoms with Gasteiger partial charge in [0.1, 0.15) is 0 Å². The SMILES string of the molecule is CCCNC(c1ccnn1C)C(C)(C)N1CCCCCC1. The van der Waals surface area contributed by atoms with E-state index in [1.165, 1.54) is 44.5 Å². The van der Waals surface area contributed by atoms with Crippen LogP contribution in [0.15, 0.2) is 12.3 Å². The van der Waals surface area contributed by atoms with E-state index in [4.69, 9.17) is 0 Å². The van der Waals surface area contributed by atoms with Crippen LogP contribution < -0.4 is 5.32 Å². The maximum absolute atomic E-state index is 4.38. The molecule has 2 heterocycles. The Kier molecular flexibility index (Phi) is 5.82. The second kappa shape index (κ2) is 7.41. The summed E-state index contributed by atoms with van der Waals surface area (Å²) in [4.78, 5) is 2.68. The van der Waals surface area contributed by atoms with E-state index in [2.05, 4.69) is 49.2 Å². The van der Waals surface area contributed by atoms with Crippen LogP contribution in [-0.4, -0.2) is 39.9 Å². The van der Waals surface area contributed by atoms with E-state index in [9.17, 15) is 0 Å². The largest absolute Gasteiger partial charge is 0.307 e. The van der Waals surface area contributed by atoms with Gasteiger partial charge in [0.2, 0.25) is 0 Å². The molecule has 0 radical (unpaired) electrons. The molecule has 1 aromatic heterocycles. The molecule has 1 saturated heterocycles. The van der Waals surface area contributed by atoms with Gasteiger partial charge < -0.3 is 5.32 Å². The van der Waals surface area contributed by atoms with E-state index in [-0.39, 0.29) is 5.54 Å². The van der Waals surface area contributed by atoms with Gasteiger partial charge in [0, 0.05) is 18.8 Å². The highest BCUT2D eigenvalue weighted by Gasteiger charge is 2.37. The highest BCUT2D eigenvalue weighted by molar-refractivity contribution is 5.14. The molecule has 0 aliphatic carbocycles. The van der Waals surface area contributed by atoms with Gasteiger partial charge in [0.25, 0.3) is 0 Å². The number of hydrogen-bond donors (Lipinski definition) is 1. The smallest absolute Gasteiger partial charge is 0.0673 e. The van der Waals surface area contributed by atoms with Crippen LogP contribution in [-0.2, 0) is 7.05 Å². The molecule has 1 atom stereocenters. The van der Waals surface area contributed by atoms with Crippen molar-refractivity contribution in [2.24, 2.45) is 7.05 Å². The molecule has 0 aromatic carbocycles. The van der Waals surface area contributed by atoms with Crippen molar-refractivity contribution in [3.8, 4) is 0 Å². The summed E-state index contributed by atoms with van der Waals surface area (Å²) in [5, 5.41) is 8.15. The van der Waals surface area contributed by atoms with Gasteiger partial charge in [0.15, 0.2) is 0 Å². The van der Waals surface area contributed by atoms with Crippen LogP contribution >= 0.6 is 0 Å². The Hall–Kier alpha value is -0.870. The Morgan fingerprint density at radius 2 is 1.90 bits per heavy atom. The Morgan fingerprint density at radius 3 is 2.43 bits per heavy atom. The average molecular weight is 292 g/mol. The lowest BCUT2D eigenvalue weighted by atomic mass is 9.89. The first kappa shape index (κ1) is 16.5. The molecule has 21 heavy (non-hydrogen) atoms. The van der Waals surface area contributed by atoms with Gasteiger partial charge in [-0.2, -0.15) is 5.10 Å². The molecule has 0 amide bonds. The summed E-state index contributed by atoms with van der Waals surface area (Å²) in [5.41, 5.74) is 1.39. The summed E-state index contributed by atoms with van der Waals surface area (Å²) in [5.74, 6) is 0. The summed E-state index contributed by atoms with van der Waals surface area (Å²) in [6, 6.07) is 2.48. The molecular weight excluding hydrogens is 260 g/mol. The van der Waals surface area contributed by atoms with Crippen LogP contribution in [0.1, 0.15) is 64.6 Å². The first-order chi connectivity index (χ1) is 10.1. The second-order valence-electron chi connectivity index (χ2n) is 6.82. The number of aromatic nitrogens is 2. The molecule has 0 spiro atoms. The van der Waals surface area contributed by atoms with Crippen molar-refractivity contribution in [2.45, 2.75) is 64.5 Å². The van der Waals surface area contributed by atoms with Gasteiger partial charge >= 0.3 is 0 Å². The Balaban J connectivity index is 2.22. The van der Waals surface area contributed by atoms with Gasteiger partial charge in [0.05, 0.1) is 11.7 Å². The van der Waals surface area contributed by atoms with Crippen molar-refractivity contribution in [1.29, 1.82) is 0 Å². The standard InChI is InChI=1S/C17H32N4/c1-5-11-18-16(15-10-12-19-20(15)4)17(2,3)21-13-8-6-7-9-14-21/h10,12,16,18H,5-9,11,13-14H2,1-4H3. The number of hydrogen-bond acceptors (Lipinski definition) is 3. The lowest BCUT2D eigenvalue weighted by Crippen LogP contribution is -2.53. The van der Waals surface area contributed by atoms with Gasteiger partial charge in [-0.3, -0.25) is 9.58 Å². The number of aryl methyl sites for hydroxylation is 1. The zero-order chi connectivity index (χ0) is 15.3. The van der Waals surface area contributed by atoms with Crippen LogP contribution in [0.2, 0.25) is 0 Å². The minimum Gasteiger partial charge on any atom is -0.307 e. The molecule has 1 N–H and O–H groups in total. The fourth-order valence-electron chi connectivity index (χ4n) is 3.50. The highest BCUT2D eigenvalue weighted by atomic mass is 15.3. The molecule has 2 rings (SSSR count). The van der Waals surface area contributed by atoms with Crippen molar-refractivity contribution in [3.05, 3.63) is 18.0 Å². The predicted octanol–water partition coefficient (Wildman–Crippen LogP) is 3.12. The van der Waals surface area contributed by atoms with Crippen molar-refractivity contribution in [2.75, 3.05) is 19.6 Å². The third-order valence-electron chi connectivity index (χ3n) is 4.88. The maximum atomic E-state index is 4.38. The van der Waals surface area contributed by atoms with Crippen molar-refractivity contribution >= 4 is 0 Å². The van der Waals surface area contributed by atoms with Crippen molar-refractivity contribution in [3.63, 3.8) is 0 Å². The molecule has 1 aliphatic rings. The minimum absolute atomic E-state index is 0.104. The van der Waals surface area contributed by atoms with E-state index in [1.807, 2.05) is 10.9 Å². The first-order valence-electron chi connectivity index (χ1n) is 8.53. The zero-order valence-electron chi connectivity index (χ0n) is 14.2. The number of nitrogens with one attached hydrogen (secondary N) is 1. The Morgan fingerprint density at radius 1 is 1.24 bits per heavy atom. The molecule has 4 nitrogen and oxygen atoms in total. The summed E-state index contributed by atoms with van der Waals surface area (Å²) < 4.78 is 2.02. The minimum atomic E-state index is 0.104.